The number of unbranched alkanes of at least 4 members (excludes halogenated alkanes) is 2. The number of benzene rings is 6. The van der Waals surface area contributed by atoms with Gasteiger partial charge in [-0.05, 0) is 95.0 Å². The highest BCUT2D eigenvalue weighted by molar-refractivity contribution is 6.02. The van der Waals surface area contributed by atoms with Crippen LogP contribution < -0.4 is 14.8 Å². The van der Waals surface area contributed by atoms with Crippen molar-refractivity contribution in [1.29, 1.82) is 0 Å². The Kier molecular flexibility index (Phi) is 15.5. The Morgan fingerprint density at radius 2 is 1.03 bits per heavy atom. The first-order chi connectivity index (χ1) is 28.1. The zero-order valence-electron chi connectivity index (χ0n) is 33.7. The number of aromatic hydroxyl groups is 2. The SMILES string of the molecule is CCCCN(CCCC)CCNC(c1ccc(OC)cc1)c1ccc(OC)cc1.O=C(O)c1cc2ccccc2c(Cc2c(O)c(C(=O)O)cc3ccccc23)c1O. The van der Waals surface area contributed by atoms with Crippen LogP contribution in [-0.2, 0) is 6.42 Å². The number of fused-ring (bicyclic) bond motifs is 2. The second-order valence-corrected chi connectivity index (χ2v) is 14.2. The molecule has 0 aliphatic rings. The number of carbonyl (C=O) groups is 2. The summed E-state index contributed by atoms with van der Waals surface area (Å²) < 4.78 is 10.7. The largest absolute Gasteiger partial charge is 0.507 e. The highest BCUT2D eigenvalue weighted by Crippen LogP contribution is 2.39. The van der Waals surface area contributed by atoms with E-state index < -0.39 is 23.4 Å². The number of nitrogens with zero attached hydrogens (tertiary/aromatic N) is 1. The molecule has 0 heterocycles. The van der Waals surface area contributed by atoms with E-state index in [1.54, 1.807) is 62.8 Å². The first kappa shape index (κ1) is 43.0. The second kappa shape index (κ2) is 20.9. The molecule has 0 aliphatic carbocycles. The van der Waals surface area contributed by atoms with Crippen molar-refractivity contribution in [3.8, 4) is 23.0 Å². The Bertz CT molecular complexity index is 2130. The van der Waals surface area contributed by atoms with Gasteiger partial charge in [0.25, 0.3) is 0 Å². The van der Waals surface area contributed by atoms with Gasteiger partial charge in [0.05, 0.1) is 20.3 Å². The van der Waals surface area contributed by atoms with Crippen molar-refractivity contribution in [3.05, 3.63) is 143 Å². The number of ether oxygens (including phenoxy) is 2. The van der Waals surface area contributed by atoms with Gasteiger partial charge in [0, 0.05) is 30.6 Å². The molecule has 6 aromatic carbocycles. The third kappa shape index (κ3) is 10.6. The molecule has 0 saturated heterocycles. The molecule has 0 bridgehead atoms. The quantitative estimate of drug-likeness (QED) is 0.0570. The van der Waals surface area contributed by atoms with Crippen LogP contribution >= 0.6 is 0 Å². The molecule has 0 amide bonds. The minimum atomic E-state index is -1.28. The number of carboxylic acid groups (broad SMARTS) is 2. The predicted molar refractivity (Wildman–Crippen MR) is 230 cm³/mol. The number of carboxylic acids is 2. The van der Waals surface area contributed by atoms with Crippen LogP contribution in [0.1, 0.15) is 88.5 Å². The van der Waals surface area contributed by atoms with Crippen molar-refractivity contribution in [2.75, 3.05) is 40.4 Å². The molecule has 0 atom stereocenters. The number of hydrogen-bond donors (Lipinski definition) is 5. The summed E-state index contributed by atoms with van der Waals surface area (Å²) in [5.41, 5.74) is 2.59. The molecule has 6 aromatic rings. The average Bonchev–Trinajstić information content (AvgIpc) is 3.24. The zero-order chi connectivity index (χ0) is 41.6. The van der Waals surface area contributed by atoms with E-state index in [9.17, 15) is 30.0 Å². The lowest BCUT2D eigenvalue weighted by molar-refractivity contribution is 0.0682. The molecular formula is C48H54N2O8. The summed E-state index contributed by atoms with van der Waals surface area (Å²) in [4.78, 5) is 25.8. The molecule has 0 aliphatic heterocycles. The van der Waals surface area contributed by atoms with Crippen molar-refractivity contribution in [3.63, 3.8) is 0 Å². The number of rotatable bonds is 18. The van der Waals surface area contributed by atoms with E-state index in [1.807, 2.05) is 24.3 Å². The van der Waals surface area contributed by atoms with E-state index in [2.05, 4.69) is 48.3 Å². The van der Waals surface area contributed by atoms with E-state index >= 15 is 0 Å². The van der Waals surface area contributed by atoms with Gasteiger partial charge in [-0.15, -0.1) is 0 Å². The molecule has 10 nitrogen and oxygen atoms in total. The van der Waals surface area contributed by atoms with Gasteiger partial charge in [-0.2, -0.15) is 0 Å². The van der Waals surface area contributed by atoms with Gasteiger partial charge < -0.3 is 40.1 Å². The number of methoxy groups -OCH3 is 2. The fraction of sp³-hybridized carbons (Fsp3) is 0.292. The first-order valence-corrected chi connectivity index (χ1v) is 19.8. The number of phenols is 2. The molecule has 58 heavy (non-hydrogen) atoms. The monoisotopic (exact) mass is 786 g/mol. The fourth-order valence-electron chi connectivity index (χ4n) is 7.17. The lowest BCUT2D eigenvalue weighted by Gasteiger charge is -2.25. The molecule has 10 heteroatoms. The van der Waals surface area contributed by atoms with Crippen LogP contribution in [0.3, 0.4) is 0 Å². The van der Waals surface area contributed by atoms with Crippen LogP contribution in [0.4, 0.5) is 0 Å². The topological polar surface area (TPSA) is 149 Å². The zero-order valence-corrected chi connectivity index (χ0v) is 33.7. The van der Waals surface area contributed by atoms with Crippen molar-refractivity contribution in [2.24, 2.45) is 0 Å². The van der Waals surface area contributed by atoms with Crippen LogP contribution in [0.2, 0.25) is 0 Å². The Morgan fingerprint density at radius 3 is 1.41 bits per heavy atom. The summed E-state index contributed by atoms with van der Waals surface area (Å²) in [5, 5.41) is 46.6. The van der Waals surface area contributed by atoms with E-state index in [4.69, 9.17) is 9.47 Å². The summed E-state index contributed by atoms with van der Waals surface area (Å²) in [6, 6.07) is 33.6. The minimum Gasteiger partial charge on any atom is -0.507 e. The summed E-state index contributed by atoms with van der Waals surface area (Å²) in [5.74, 6) is -1.59. The maximum atomic E-state index is 11.6. The van der Waals surface area contributed by atoms with Gasteiger partial charge in [-0.25, -0.2) is 9.59 Å². The van der Waals surface area contributed by atoms with Gasteiger partial charge in [-0.1, -0.05) is 99.5 Å². The minimum absolute atomic E-state index is 0.0407. The van der Waals surface area contributed by atoms with E-state index in [1.165, 1.54) is 62.0 Å². The molecule has 0 saturated carbocycles. The summed E-state index contributed by atoms with van der Waals surface area (Å²) in [6.45, 7) is 8.93. The Balaban J connectivity index is 0.000000221. The molecule has 5 N–H and O–H groups in total. The number of aromatic carboxylic acids is 2. The lowest BCUT2D eigenvalue weighted by Crippen LogP contribution is -2.35. The van der Waals surface area contributed by atoms with E-state index in [0.717, 1.165) is 24.6 Å². The summed E-state index contributed by atoms with van der Waals surface area (Å²) >= 11 is 0. The Hall–Kier alpha value is -6.10. The molecule has 0 fully saturated rings. The average molecular weight is 787 g/mol. The van der Waals surface area contributed by atoms with Crippen molar-refractivity contribution < 1.29 is 39.5 Å². The van der Waals surface area contributed by atoms with Crippen molar-refractivity contribution in [1.82, 2.24) is 10.2 Å². The summed E-state index contributed by atoms with van der Waals surface area (Å²) in [7, 11) is 3.41. The highest BCUT2D eigenvalue weighted by atomic mass is 16.5. The molecule has 0 unspecified atom stereocenters. The predicted octanol–water partition coefficient (Wildman–Crippen LogP) is 9.68. The van der Waals surface area contributed by atoms with Gasteiger partial charge in [0.1, 0.15) is 34.1 Å². The number of nitrogens with one attached hydrogen (secondary N) is 1. The molecule has 6 rings (SSSR count). The molecule has 0 aromatic heterocycles. The van der Waals surface area contributed by atoms with Gasteiger partial charge in [0.15, 0.2) is 0 Å². The third-order valence-corrected chi connectivity index (χ3v) is 10.4. The van der Waals surface area contributed by atoms with E-state index in [0.29, 0.717) is 32.7 Å². The van der Waals surface area contributed by atoms with Crippen molar-refractivity contribution in [2.45, 2.75) is 52.0 Å². The molecule has 0 spiro atoms. The molecular weight excluding hydrogens is 733 g/mol. The van der Waals surface area contributed by atoms with Crippen LogP contribution in [0.15, 0.2) is 109 Å². The fourth-order valence-corrected chi connectivity index (χ4v) is 7.17. The van der Waals surface area contributed by atoms with Crippen LogP contribution in [0.25, 0.3) is 21.5 Å². The van der Waals surface area contributed by atoms with Crippen LogP contribution in [0, 0.1) is 0 Å². The van der Waals surface area contributed by atoms with Gasteiger partial charge in [-0.3, -0.25) is 0 Å². The maximum absolute atomic E-state index is 11.6. The number of hydrogen-bond acceptors (Lipinski definition) is 8. The highest BCUT2D eigenvalue weighted by Gasteiger charge is 2.23. The normalized spacial score (nSPS) is 11.1. The lowest BCUT2D eigenvalue weighted by atomic mass is 9.90. The van der Waals surface area contributed by atoms with Gasteiger partial charge in [0.2, 0.25) is 0 Å². The molecule has 0 radical (unpaired) electrons. The van der Waals surface area contributed by atoms with Crippen LogP contribution in [0.5, 0.6) is 23.0 Å². The Morgan fingerprint density at radius 1 is 0.621 bits per heavy atom. The van der Waals surface area contributed by atoms with Crippen molar-refractivity contribution >= 4 is 33.5 Å². The van der Waals surface area contributed by atoms with Gasteiger partial charge >= 0.3 is 11.9 Å². The third-order valence-electron chi connectivity index (χ3n) is 10.4. The molecule has 304 valence electrons. The van der Waals surface area contributed by atoms with Crippen LogP contribution in [-0.4, -0.2) is 77.7 Å². The standard InChI is InChI=1S/C25H38N2O2.C23H16O6/c1-5-7-18-27(19-8-6-2)20-17-26-25(21-9-13-23(28-3)14-10-21)22-11-15-24(29-4)16-12-22;24-20-16(14-7-3-1-5-12(14)9-18(20)22(26)27)11-17-15-8-4-2-6-13(15)10-19(21(17)25)23(28)29/h9-16,25-26H,5-8,17-20H2,1-4H3;1-10,24-25H,11H2,(H,26,27)(H,28,29). The Labute approximate surface area is 340 Å². The maximum Gasteiger partial charge on any atom is 0.339 e. The second-order valence-electron chi connectivity index (χ2n) is 14.2. The van der Waals surface area contributed by atoms with E-state index in [-0.39, 0.29) is 23.6 Å². The smallest absolute Gasteiger partial charge is 0.339 e. The summed E-state index contributed by atoms with van der Waals surface area (Å²) in [6.07, 6.45) is 4.99. The first-order valence-electron chi connectivity index (χ1n) is 19.8.